The van der Waals surface area contributed by atoms with Crippen LogP contribution in [-0.2, 0) is 5.41 Å². The van der Waals surface area contributed by atoms with E-state index in [9.17, 15) is 5.11 Å². The number of aromatic nitrogens is 1. The van der Waals surface area contributed by atoms with Crippen molar-refractivity contribution in [3.63, 3.8) is 0 Å². The molecule has 2 heterocycles. The van der Waals surface area contributed by atoms with E-state index in [0.717, 1.165) is 30.9 Å². The maximum atomic E-state index is 10.0. The minimum Gasteiger partial charge on any atom is -0.392 e. The third-order valence-electron chi connectivity index (χ3n) is 4.05. The summed E-state index contributed by atoms with van der Waals surface area (Å²) in [7, 11) is 0. The lowest BCUT2D eigenvalue weighted by atomic mass is 9.81. The first-order chi connectivity index (χ1) is 8.70. The summed E-state index contributed by atoms with van der Waals surface area (Å²) < 4.78 is 0. The van der Waals surface area contributed by atoms with Gasteiger partial charge in [-0.2, -0.15) is 0 Å². The number of hydrogen-bond acceptors (Lipinski definition) is 3. The second-order valence-corrected chi connectivity index (χ2v) is 7.37. The molecule has 19 heavy (non-hydrogen) atoms. The molecule has 3 nitrogen and oxygen atoms in total. The number of nitrogens with zero attached hydrogens (tertiary/aromatic N) is 2. The Morgan fingerprint density at radius 1 is 1.32 bits per heavy atom. The smallest absolute Gasteiger partial charge is 0.0624 e. The first-order valence-corrected chi connectivity index (χ1v) is 7.10. The standard InChI is InChI=1S/C16H26N2O/c1-15(2,3)13-7-6-12(10-17-13)18-9-8-14(19)16(4,5)11-18/h6-7,10,14,19H,8-9,11H2,1-5H3. The fourth-order valence-electron chi connectivity index (χ4n) is 2.58. The predicted molar refractivity (Wildman–Crippen MR) is 79.6 cm³/mol. The fourth-order valence-corrected chi connectivity index (χ4v) is 2.58. The van der Waals surface area contributed by atoms with Gasteiger partial charge in [-0.25, -0.2) is 0 Å². The summed E-state index contributed by atoms with van der Waals surface area (Å²) in [5.74, 6) is 0. The zero-order valence-corrected chi connectivity index (χ0v) is 12.8. The maximum Gasteiger partial charge on any atom is 0.0624 e. The minimum atomic E-state index is -0.203. The fraction of sp³-hybridized carbons (Fsp3) is 0.688. The lowest BCUT2D eigenvalue weighted by Gasteiger charge is -2.42. The molecule has 1 atom stereocenters. The highest BCUT2D eigenvalue weighted by atomic mass is 16.3. The second-order valence-electron chi connectivity index (χ2n) is 7.37. The summed E-state index contributed by atoms with van der Waals surface area (Å²) in [6.07, 6.45) is 2.59. The highest BCUT2D eigenvalue weighted by Gasteiger charge is 2.34. The number of aliphatic hydroxyl groups is 1. The Hall–Kier alpha value is -1.09. The van der Waals surface area contributed by atoms with Gasteiger partial charge in [0, 0.05) is 29.6 Å². The molecule has 1 aromatic heterocycles. The van der Waals surface area contributed by atoms with Crippen LogP contribution in [0.15, 0.2) is 18.3 Å². The van der Waals surface area contributed by atoms with E-state index in [0.29, 0.717) is 0 Å². The summed E-state index contributed by atoms with van der Waals surface area (Å²) in [5, 5.41) is 10.0. The van der Waals surface area contributed by atoms with Gasteiger partial charge in [0.15, 0.2) is 0 Å². The average molecular weight is 262 g/mol. The molecular formula is C16H26N2O. The van der Waals surface area contributed by atoms with Crippen LogP contribution in [0, 0.1) is 5.41 Å². The van der Waals surface area contributed by atoms with E-state index in [2.05, 4.69) is 56.6 Å². The molecule has 1 fully saturated rings. The summed E-state index contributed by atoms with van der Waals surface area (Å²) in [6.45, 7) is 12.6. The van der Waals surface area contributed by atoms with Gasteiger partial charge >= 0.3 is 0 Å². The van der Waals surface area contributed by atoms with Gasteiger partial charge in [-0.3, -0.25) is 4.98 Å². The van der Waals surface area contributed by atoms with Crippen LogP contribution in [0.4, 0.5) is 5.69 Å². The molecule has 1 unspecified atom stereocenters. The zero-order valence-electron chi connectivity index (χ0n) is 12.8. The molecule has 1 saturated heterocycles. The number of pyridine rings is 1. The minimum absolute atomic E-state index is 0.0546. The molecule has 0 spiro atoms. The topological polar surface area (TPSA) is 36.4 Å². The van der Waals surface area contributed by atoms with Crippen LogP contribution in [0.2, 0.25) is 0 Å². The molecular weight excluding hydrogens is 236 g/mol. The van der Waals surface area contributed by atoms with Gasteiger partial charge in [-0.15, -0.1) is 0 Å². The predicted octanol–water partition coefficient (Wildman–Crippen LogP) is 2.98. The van der Waals surface area contributed by atoms with Crippen LogP contribution in [-0.4, -0.2) is 29.3 Å². The molecule has 1 aliphatic heterocycles. The van der Waals surface area contributed by atoms with E-state index in [1.807, 2.05) is 6.20 Å². The number of piperidine rings is 1. The van der Waals surface area contributed by atoms with Crippen molar-refractivity contribution in [2.45, 2.75) is 52.6 Å². The third-order valence-corrected chi connectivity index (χ3v) is 4.05. The molecule has 1 aromatic rings. The molecule has 0 bridgehead atoms. The summed E-state index contributed by atoms with van der Waals surface area (Å²) in [4.78, 5) is 6.91. The van der Waals surface area contributed by atoms with Crippen molar-refractivity contribution in [1.29, 1.82) is 0 Å². The van der Waals surface area contributed by atoms with Crippen LogP contribution < -0.4 is 4.90 Å². The van der Waals surface area contributed by atoms with Crippen molar-refractivity contribution in [2.24, 2.45) is 5.41 Å². The van der Waals surface area contributed by atoms with E-state index in [-0.39, 0.29) is 16.9 Å². The Balaban J connectivity index is 2.15. The van der Waals surface area contributed by atoms with Gasteiger partial charge in [-0.1, -0.05) is 34.6 Å². The molecule has 1 N–H and O–H groups in total. The van der Waals surface area contributed by atoms with Gasteiger partial charge in [-0.05, 0) is 18.6 Å². The van der Waals surface area contributed by atoms with Crippen LogP contribution in [0.1, 0.15) is 46.7 Å². The van der Waals surface area contributed by atoms with E-state index in [4.69, 9.17) is 0 Å². The molecule has 0 aliphatic carbocycles. The third kappa shape index (κ3) is 3.08. The molecule has 1 aliphatic rings. The van der Waals surface area contributed by atoms with Crippen LogP contribution in [0.3, 0.4) is 0 Å². The summed E-state index contributed by atoms with van der Waals surface area (Å²) in [6, 6.07) is 4.27. The Morgan fingerprint density at radius 3 is 2.47 bits per heavy atom. The van der Waals surface area contributed by atoms with Crippen LogP contribution in [0.5, 0.6) is 0 Å². The summed E-state index contributed by atoms with van der Waals surface area (Å²) in [5.41, 5.74) is 2.32. The van der Waals surface area contributed by atoms with Crippen molar-refractivity contribution in [3.05, 3.63) is 24.0 Å². The SMILES string of the molecule is CC(C)(C)c1ccc(N2CCC(O)C(C)(C)C2)cn1. The molecule has 0 amide bonds. The van der Waals surface area contributed by atoms with E-state index >= 15 is 0 Å². The van der Waals surface area contributed by atoms with Gasteiger partial charge in [0.25, 0.3) is 0 Å². The largest absolute Gasteiger partial charge is 0.392 e. The van der Waals surface area contributed by atoms with Crippen molar-refractivity contribution < 1.29 is 5.11 Å². The molecule has 2 rings (SSSR count). The Kier molecular flexibility index (Phi) is 3.61. The van der Waals surface area contributed by atoms with E-state index in [1.165, 1.54) is 0 Å². The van der Waals surface area contributed by atoms with Gasteiger partial charge < -0.3 is 10.0 Å². The normalized spacial score (nSPS) is 23.5. The second kappa shape index (κ2) is 4.78. The highest BCUT2D eigenvalue weighted by Crippen LogP contribution is 2.32. The van der Waals surface area contributed by atoms with Crippen LogP contribution >= 0.6 is 0 Å². The maximum absolute atomic E-state index is 10.0. The van der Waals surface area contributed by atoms with Gasteiger partial charge in [0.2, 0.25) is 0 Å². The molecule has 0 radical (unpaired) electrons. The highest BCUT2D eigenvalue weighted by molar-refractivity contribution is 5.46. The molecule has 0 aromatic carbocycles. The lowest BCUT2D eigenvalue weighted by Crippen LogP contribution is -2.48. The zero-order chi connectivity index (χ0) is 14.3. The molecule has 106 valence electrons. The van der Waals surface area contributed by atoms with Crippen molar-refractivity contribution in [3.8, 4) is 0 Å². The number of rotatable bonds is 1. The van der Waals surface area contributed by atoms with Gasteiger partial charge in [0.05, 0.1) is 18.0 Å². The van der Waals surface area contributed by atoms with Crippen molar-refractivity contribution in [1.82, 2.24) is 4.98 Å². The number of anilines is 1. The molecule has 0 saturated carbocycles. The summed E-state index contributed by atoms with van der Waals surface area (Å²) >= 11 is 0. The first kappa shape index (κ1) is 14.3. The Bertz CT molecular complexity index is 431. The van der Waals surface area contributed by atoms with E-state index < -0.39 is 0 Å². The number of hydrogen-bond donors (Lipinski definition) is 1. The van der Waals surface area contributed by atoms with Crippen molar-refractivity contribution in [2.75, 3.05) is 18.0 Å². The Labute approximate surface area is 116 Å². The van der Waals surface area contributed by atoms with E-state index in [1.54, 1.807) is 0 Å². The Morgan fingerprint density at radius 2 is 2.00 bits per heavy atom. The van der Waals surface area contributed by atoms with Crippen LogP contribution in [0.25, 0.3) is 0 Å². The van der Waals surface area contributed by atoms with Crippen molar-refractivity contribution >= 4 is 5.69 Å². The lowest BCUT2D eigenvalue weighted by molar-refractivity contribution is 0.0336. The average Bonchev–Trinajstić information content (AvgIpc) is 2.32. The quantitative estimate of drug-likeness (QED) is 0.845. The monoisotopic (exact) mass is 262 g/mol. The number of aliphatic hydroxyl groups excluding tert-OH is 1. The van der Waals surface area contributed by atoms with Gasteiger partial charge in [0.1, 0.15) is 0 Å². The molecule has 3 heteroatoms. The first-order valence-electron chi connectivity index (χ1n) is 7.10.